The summed E-state index contributed by atoms with van der Waals surface area (Å²) in [5.74, 6) is -0.472. The van der Waals surface area contributed by atoms with Gasteiger partial charge in [0.1, 0.15) is 17.9 Å². The Hall–Kier alpha value is -3.79. The van der Waals surface area contributed by atoms with Crippen molar-refractivity contribution in [1.29, 1.82) is 5.26 Å². The minimum Gasteiger partial charge on any atom is -0.489 e. The molecule has 0 aliphatic carbocycles. The van der Waals surface area contributed by atoms with Crippen LogP contribution >= 0.6 is 0 Å². The Balaban J connectivity index is 1.79. The second kappa shape index (κ2) is 9.61. The number of ether oxygens (including phenoxy) is 2. The largest absolute Gasteiger partial charge is 0.489 e. The minimum absolute atomic E-state index is 0.00598. The highest BCUT2D eigenvalue weighted by Crippen LogP contribution is 2.28. The third-order valence-electron chi connectivity index (χ3n) is 4.58. The van der Waals surface area contributed by atoms with Gasteiger partial charge in [-0.05, 0) is 25.1 Å². The third-order valence-corrected chi connectivity index (χ3v) is 4.58. The fourth-order valence-electron chi connectivity index (χ4n) is 2.98. The van der Waals surface area contributed by atoms with E-state index in [-0.39, 0.29) is 25.3 Å². The molecule has 1 amide bonds. The van der Waals surface area contributed by atoms with Crippen LogP contribution in [0.5, 0.6) is 5.75 Å². The Kier molecular flexibility index (Phi) is 6.71. The van der Waals surface area contributed by atoms with Crippen LogP contribution in [0.25, 0.3) is 11.0 Å². The monoisotopic (exact) mass is 406 g/mol. The molecule has 3 aromatic rings. The van der Waals surface area contributed by atoms with Crippen LogP contribution in [0.3, 0.4) is 0 Å². The Bertz CT molecular complexity index is 1070. The summed E-state index contributed by atoms with van der Waals surface area (Å²) in [6.07, 6.45) is -0.815. The van der Waals surface area contributed by atoms with Gasteiger partial charge in [0.15, 0.2) is 6.10 Å². The first kappa shape index (κ1) is 20.9. The average molecular weight is 406 g/mol. The van der Waals surface area contributed by atoms with Gasteiger partial charge in [0.05, 0.1) is 18.1 Å². The van der Waals surface area contributed by atoms with Gasteiger partial charge in [-0.15, -0.1) is 0 Å². The number of hydrogen-bond donors (Lipinski definition) is 0. The number of carbonyl (C=O) groups is 2. The van der Waals surface area contributed by atoms with E-state index in [4.69, 9.17) is 19.2 Å². The molecule has 30 heavy (non-hydrogen) atoms. The first-order valence-corrected chi connectivity index (χ1v) is 9.52. The molecular weight excluding hydrogens is 384 g/mol. The topological polar surface area (TPSA) is 92.8 Å². The summed E-state index contributed by atoms with van der Waals surface area (Å²) < 4.78 is 16.9. The van der Waals surface area contributed by atoms with Gasteiger partial charge in [-0.1, -0.05) is 36.4 Å². The fraction of sp³-hybridized carbons (Fsp3) is 0.261. The number of fused-ring (bicyclic) bond motifs is 1. The summed E-state index contributed by atoms with van der Waals surface area (Å²) in [7, 11) is 1.56. The van der Waals surface area contributed by atoms with Crippen molar-refractivity contribution < 1.29 is 23.5 Å². The van der Waals surface area contributed by atoms with E-state index in [9.17, 15) is 9.59 Å². The van der Waals surface area contributed by atoms with Gasteiger partial charge >= 0.3 is 5.97 Å². The zero-order chi connectivity index (χ0) is 21.5. The van der Waals surface area contributed by atoms with E-state index in [1.54, 1.807) is 19.2 Å². The van der Waals surface area contributed by atoms with E-state index in [0.29, 0.717) is 16.9 Å². The predicted molar refractivity (Wildman–Crippen MR) is 110 cm³/mol. The Morgan fingerprint density at radius 1 is 1.13 bits per heavy atom. The maximum absolute atomic E-state index is 12.8. The molecule has 154 valence electrons. The summed E-state index contributed by atoms with van der Waals surface area (Å²) in [5, 5.41) is 9.41. The van der Waals surface area contributed by atoms with Crippen molar-refractivity contribution in [1.82, 2.24) is 4.90 Å². The quantitative estimate of drug-likeness (QED) is 0.526. The van der Waals surface area contributed by atoms with Crippen LogP contribution in [0.2, 0.25) is 0 Å². The molecule has 0 N–H and O–H groups in total. The van der Waals surface area contributed by atoms with Gasteiger partial charge in [-0.25, -0.2) is 4.79 Å². The van der Waals surface area contributed by atoms with E-state index >= 15 is 0 Å². The van der Waals surface area contributed by atoms with E-state index in [0.717, 1.165) is 5.39 Å². The zero-order valence-electron chi connectivity index (χ0n) is 16.8. The molecule has 3 rings (SSSR count). The number of esters is 1. The fourth-order valence-corrected chi connectivity index (χ4v) is 2.98. The number of hydrogen-bond acceptors (Lipinski definition) is 6. The summed E-state index contributed by atoms with van der Waals surface area (Å²) in [6.45, 7) is 1.86. The second-order valence-corrected chi connectivity index (χ2v) is 6.72. The van der Waals surface area contributed by atoms with Crippen LogP contribution in [0, 0.1) is 11.3 Å². The molecule has 0 aliphatic heterocycles. The molecule has 0 fully saturated rings. The highest BCUT2D eigenvalue weighted by Gasteiger charge is 2.27. The summed E-state index contributed by atoms with van der Waals surface area (Å²) in [6, 6.07) is 18.4. The van der Waals surface area contributed by atoms with Crippen molar-refractivity contribution in [3.63, 3.8) is 0 Å². The lowest BCUT2D eigenvalue weighted by Crippen LogP contribution is -2.38. The molecule has 0 bridgehead atoms. The number of furan rings is 1. The molecule has 7 heteroatoms. The summed E-state index contributed by atoms with van der Waals surface area (Å²) >= 11 is 0. The molecule has 1 aromatic heterocycles. The predicted octanol–water partition coefficient (Wildman–Crippen LogP) is 3.93. The zero-order valence-corrected chi connectivity index (χ0v) is 16.8. The summed E-state index contributed by atoms with van der Waals surface area (Å²) in [4.78, 5) is 26.5. The maximum Gasteiger partial charge on any atom is 0.375 e. The van der Waals surface area contributed by atoms with Crippen LogP contribution in [-0.2, 0) is 16.1 Å². The molecule has 7 nitrogen and oxygen atoms in total. The van der Waals surface area contributed by atoms with Gasteiger partial charge in [0.2, 0.25) is 5.76 Å². The Morgan fingerprint density at radius 2 is 1.83 bits per heavy atom. The first-order chi connectivity index (χ1) is 14.5. The molecule has 0 spiro atoms. The van der Waals surface area contributed by atoms with Crippen LogP contribution in [0.1, 0.15) is 29.5 Å². The van der Waals surface area contributed by atoms with Crippen molar-refractivity contribution in [2.75, 3.05) is 13.6 Å². The molecule has 2 aromatic carbocycles. The Labute approximate surface area is 174 Å². The highest BCUT2D eigenvalue weighted by atomic mass is 16.6. The standard InChI is InChI=1S/C23H22N2O5/c1-16(22(26)25(2)14-8-13-24)29-23(27)21-19(15-28-17-9-4-3-5-10-17)18-11-6-7-12-20(18)30-21/h3-7,9-12,16H,8,14-15H2,1-2H3/t16-/m0/s1. The van der Waals surface area contributed by atoms with Gasteiger partial charge in [0, 0.05) is 19.0 Å². The van der Waals surface area contributed by atoms with Crippen molar-refractivity contribution in [2.24, 2.45) is 0 Å². The second-order valence-electron chi connectivity index (χ2n) is 6.72. The molecule has 0 unspecified atom stereocenters. The van der Waals surface area contributed by atoms with Crippen LogP contribution in [0.4, 0.5) is 0 Å². The molecule has 0 radical (unpaired) electrons. The number of likely N-dealkylation sites (N-methyl/N-ethyl adjacent to an activating group) is 1. The number of nitriles is 1. The Morgan fingerprint density at radius 3 is 2.57 bits per heavy atom. The van der Waals surface area contributed by atoms with E-state index in [1.807, 2.05) is 48.5 Å². The maximum atomic E-state index is 12.8. The van der Waals surface area contributed by atoms with Crippen molar-refractivity contribution >= 4 is 22.8 Å². The molecule has 1 heterocycles. The van der Waals surface area contributed by atoms with Crippen LogP contribution in [-0.4, -0.2) is 36.5 Å². The van der Waals surface area contributed by atoms with E-state index in [2.05, 4.69) is 0 Å². The molecule has 0 saturated heterocycles. The SMILES string of the molecule is C[C@H](OC(=O)c1oc2ccccc2c1COc1ccccc1)C(=O)N(C)CCC#N. The van der Waals surface area contributed by atoms with Crippen LogP contribution in [0.15, 0.2) is 59.0 Å². The number of rotatable bonds is 8. The normalized spacial score (nSPS) is 11.5. The van der Waals surface area contributed by atoms with Crippen molar-refractivity contribution in [3.05, 3.63) is 65.9 Å². The molecule has 0 saturated carbocycles. The minimum atomic E-state index is -1.02. The van der Waals surface area contributed by atoms with Crippen molar-refractivity contribution in [2.45, 2.75) is 26.1 Å². The van der Waals surface area contributed by atoms with Gasteiger partial charge in [-0.3, -0.25) is 4.79 Å². The highest BCUT2D eigenvalue weighted by molar-refractivity contribution is 5.97. The van der Waals surface area contributed by atoms with E-state index < -0.39 is 18.0 Å². The number of nitrogens with zero attached hydrogens (tertiary/aromatic N) is 2. The van der Waals surface area contributed by atoms with Gasteiger partial charge in [0.25, 0.3) is 5.91 Å². The molecule has 0 aliphatic rings. The van der Waals surface area contributed by atoms with Gasteiger partial charge in [-0.2, -0.15) is 5.26 Å². The number of benzene rings is 2. The summed E-state index contributed by atoms with van der Waals surface area (Å²) in [5.41, 5.74) is 1.08. The first-order valence-electron chi connectivity index (χ1n) is 9.52. The lowest BCUT2D eigenvalue weighted by atomic mass is 10.1. The lowest BCUT2D eigenvalue weighted by Gasteiger charge is -2.20. The lowest BCUT2D eigenvalue weighted by molar-refractivity contribution is -0.138. The van der Waals surface area contributed by atoms with Gasteiger partial charge < -0.3 is 18.8 Å². The smallest absolute Gasteiger partial charge is 0.375 e. The third kappa shape index (κ3) is 4.78. The van der Waals surface area contributed by atoms with Crippen LogP contribution < -0.4 is 4.74 Å². The number of carbonyl (C=O) groups excluding carboxylic acids is 2. The number of amides is 1. The average Bonchev–Trinajstić information content (AvgIpc) is 3.15. The molecule has 1 atom stereocenters. The van der Waals surface area contributed by atoms with Crippen molar-refractivity contribution in [3.8, 4) is 11.8 Å². The van der Waals surface area contributed by atoms with E-state index in [1.165, 1.54) is 11.8 Å². The molecular formula is C23H22N2O5. The number of para-hydroxylation sites is 2.